The third-order valence-electron chi connectivity index (χ3n) is 3.58. The van der Waals surface area contributed by atoms with Gasteiger partial charge in [-0.15, -0.1) is 0 Å². The van der Waals surface area contributed by atoms with Crippen molar-refractivity contribution in [2.24, 2.45) is 17.6 Å². The minimum absolute atomic E-state index is 0.0219. The Kier molecular flexibility index (Phi) is 6.16. The molecule has 1 aliphatic rings. The van der Waals surface area contributed by atoms with Gasteiger partial charge in [-0.3, -0.25) is 9.59 Å². The average molecular weight is 254 g/mol. The molecule has 1 fully saturated rings. The van der Waals surface area contributed by atoms with Crippen molar-refractivity contribution in [1.29, 1.82) is 0 Å². The van der Waals surface area contributed by atoms with Crippen molar-refractivity contribution >= 4 is 11.8 Å². The second kappa shape index (κ2) is 7.39. The van der Waals surface area contributed by atoms with E-state index in [9.17, 15) is 9.59 Å². The molecular weight excluding hydrogens is 228 g/mol. The van der Waals surface area contributed by atoms with Crippen molar-refractivity contribution in [3.8, 4) is 0 Å². The van der Waals surface area contributed by atoms with Crippen LogP contribution in [-0.2, 0) is 9.59 Å². The van der Waals surface area contributed by atoms with E-state index in [4.69, 9.17) is 5.73 Å². The third kappa shape index (κ3) is 5.52. The van der Waals surface area contributed by atoms with Gasteiger partial charge in [0.25, 0.3) is 0 Å². The lowest BCUT2D eigenvalue weighted by molar-refractivity contribution is -0.128. The van der Waals surface area contributed by atoms with Crippen molar-refractivity contribution in [2.45, 2.75) is 64.8 Å². The zero-order valence-electron chi connectivity index (χ0n) is 11.6. The number of amides is 2. The van der Waals surface area contributed by atoms with Gasteiger partial charge in [-0.1, -0.05) is 33.1 Å². The lowest BCUT2D eigenvalue weighted by atomic mass is 9.86. The molecule has 3 N–H and O–H groups in total. The molecule has 104 valence electrons. The Morgan fingerprint density at radius 2 is 1.83 bits per heavy atom. The first-order valence-corrected chi connectivity index (χ1v) is 7.07. The summed E-state index contributed by atoms with van der Waals surface area (Å²) < 4.78 is 0. The highest BCUT2D eigenvalue weighted by molar-refractivity contribution is 5.86. The first kappa shape index (κ1) is 15.0. The third-order valence-corrected chi connectivity index (χ3v) is 3.58. The van der Waals surface area contributed by atoms with Crippen LogP contribution in [-0.4, -0.2) is 17.9 Å². The summed E-state index contributed by atoms with van der Waals surface area (Å²) in [4.78, 5) is 23.2. The Hall–Kier alpha value is -1.06. The smallest absolute Gasteiger partial charge is 0.240 e. The van der Waals surface area contributed by atoms with Crippen LogP contribution >= 0.6 is 0 Å². The van der Waals surface area contributed by atoms with Gasteiger partial charge in [-0.25, -0.2) is 0 Å². The Balaban J connectivity index is 2.37. The van der Waals surface area contributed by atoms with Crippen molar-refractivity contribution in [2.75, 3.05) is 0 Å². The summed E-state index contributed by atoms with van der Waals surface area (Å²) in [5, 5.41) is 2.78. The summed E-state index contributed by atoms with van der Waals surface area (Å²) in [5.74, 6) is 0.385. The second-order valence-corrected chi connectivity index (χ2v) is 5.86. The quantitative estimate of drug-likeness (QED) is 0.760. The first-order valence-electron chi connectivity index (χ1n) is 7.07. The second-order valence-electron chi connectivity index (χ2n) is 5.86. The van der Waals surface area contributed by atoms with E-state index in [0.717, 1.165) is 12.8 Å². The molecular formula is C14H26N2O2. The molecule has 0 heterocycles. The molecule has 1 aliphatic carbocycles. The number of hydrogen-bond acceptors (Lipinski definition) is 2. The maximum Gasteiger partial charge on any atom is 0.240 e. The molecule has 0 saturated heterocycles. The molecule has 0 unspecified atom stereocenters. The number of hydrogen-bond donors (Lipinski definition) is 2. The van der Waals surface area contributed by atoms with Crippen molar-refractivity contribution in [3.63, 3.8) is 0 Å². The van der Waals surface area contributed by atoms with E-state index in [1.54, 1.807) is 0 Å². The molecule has 0 aromatic carbocycles. The fourth-order valence-electron chi connectivity index (χ4n) is 2.62. The van der Waals surface area contributed by atoms with Crippen LogP contribution in [0.4, 0.5) is 0 Å². The van der Waals surface area contributed by atoms with Crippen LogP contribution < -0.4 is 11.1 Å². The predicted molar refractivity (Wildman–Crippen MR) is 71.8 cm³/mol. The monoisotopic (exact) mass is 254 g/mol. The molecule has 0 bridgehead atoms. The molecule has 0 aromatic rings. The lowest BCUT2D eigenvalue weighted by Gasteiger charge is -2.23. The summed E-state index contributed by atoms with van der Waals surface area (Å²) in [6.45, 7) is 4.03. The molecule has 4 nitrogen and oxygen atoms in total. The molecule has 1 saturated carbocycles. The molecule has 0 radical (unpaired) electrons. The maximum absolute atomic E-state index is 11.9. The number of primary amides is 1. The van der Waals surface area contributed by atoms with Crippen LogP contribution in [0.15, 0.2) is 0 Å². The van der Waals surface area contributed by atoms with E-state index < -0.39 is 11.9 Å². The number of carbonyl (C=O) groups excluding carboxylic acids is 2. The highest BCUT2D eigenvalue weighted by atomic mass is 16.2. The molecule has 0 spiro atoms. The normalized spacial score (nSPS) is 18.6. The molecule has 18 heavy (non-hydrogen) atoms. The average Bonchev–Trinajstić information content (AvgIpc) is 2.28. The Labute approximate surface area is 110 Å². The summed E-state index contributed by atoms with van der Waals surface area (Å²) in [6.07, 6.45) is 7.17. The number of rotatable bonds is 6. The minimum atomic E-state index is -0.513. The van der Waals surface area contributed by atoms with E-state index in [0.29, 0.717) is 24.7 Å². The maximum atomic E-state index is 11.9. The van der Waals surface area contributed by atoms with Gasteiger partial charge >= 0.3 is 0 Å². The van der Waals surface area contributed by atoms with Gasteiger partial charge in [0.2, 0.25) is 11.8 Å². The number of carbonyl (C=O) groups is 2. The predicted octanol–water partition coefficient (Wildman–Crippen LogP) is 1.97. The topological polar surface area (TPSA) is 72.2 Å². The van der Waals surface area contributed by atoms with Gasteiger partial charge < -0.3 is 11.1 Å². The van der Waals surface area contributed by atoms with E-state index in [1.807, 2.05) is 13.8 Å². The first-order chi connectivity index (χ1) is 8.49. The van der Waals surface area contributed by atoms with Crippen molar-refractivity contribution < 1.29 is 9.59 Å². The van der Waals surface area contributed by atoms with Gasteiger partial charge in [0.1, 0.15) is 6.04 Å². The standard InChI is InChI=1S/C14H26N2O2/c1-10(2)8-12(14(15)18)16-13(17)9-11-6-4-3-5-7-11/h10-12H,3-9H2,1-2H3,(H2,15,18)(H,16,17)/t12-/m0/s1. The SMILES string of the molecule is CC(C)C[C@H](NC(=O)CC1CCCCC1)C(N)=O. The fraction of sp³-hybridized carbons (Fsp3) is 0.857. The van der Waals surface area contributed by atoms with Gasteiger partial charge in [0, 0.05) is 6.42 Å². The van der Waals surface area contributed by atoms with Crippen molar-refractivity contribution in [1.82, 2.24) is 5.32 Å². The summed E-state index contributed by atoms with van der Waals surface area (Å²) in [5.41, 5.74) is 5.31. The zero-order chi connectivity index (χ0) is 13.5. The van der Waals surface area contributed by atoms with Crippen LogP contribution in [0, 0.1) is 11.8 Å². The lowest BCUT2D eigenvalue weighted by Crippen LogP contribution is -2.45. The Morgan fingerprint density at radius 1 is 1.22 bits per heavy atom. The van der Waals surface area contributed by atoms with E-state index >= 15 is 0 Å². The van der Waals surface area contributed by atoms with Crippen molar-refractivity contribution in [3.05, 3.63) is 0 Å². The van der Waals surface area contributed by atoms with Gasteiger partial charge in [-0.05, 0) is 31.1 Å². The Morgan fingerprint density at radius 3 is 2.33 bits per heavy atom. The van der Waals surface area contributed by atoms with Gasteiger partial charge in [0.05, 0.1) is 0 Å². The zero-order valence-corrected chi connectivity index (χ0v) is 11.6. The van der Waals surface area contributed by atoms with Crippen LogP contribution in [0.2, 0.25) is 0 Å². The molecule has 0 aliphatic heterocycles. The fourth-order valence-corrected chi connectivity index (χ4v) is 2.62. The van der Waals surface area contributed by atoms with Crippen LogP contribution in [0.1, 0.15) is 58.8 Å². The van der Waals surface area contributed by atoms with Crippen LogP contribution in [0.5, 0.6) is 0 Å². The molecule has 2 amide bonds. The molecule has 1 atom stereocenters. The van der Waals surface area contributed by atoms with Crippen LogP contribution in [0.25, 0.3) is 0 Å². The minimum Gasteiger partial charge on any atom is -0.368 e. The molecule has 0 aromatic heterocycles. The highest BCUT2D eigenvalue weighted by Gasteiger charge is 2.22. The Bertz CT molecular complexity index is 284. The van der Waals surface area contributed by atoms with Gasteiger partial charge in [-0.2, -0.15) is 0 Å². The summed E-state index contributed by atoms with van der Waals surface area (Å²) >= 11 is 0. The van der Waals surface area contributed by atoms with Gasteiger partial charge in [0.15, 0.2) is 0 Å². The largest absolute Gasteiger partial charge is 0.368 e. The van der Waals surface area contributed by atoms with Crippen LogP contribution in [0.3, 0.4) is 0 Å². The molecule has 1 rings (SSSR count). The van der Waals surface area contributed by atoms with E-state index in [1.165, 1.54) is 19.3 Å². The van der Waals surface area contributed by atoms with E-state index in [-0.39, 0.29) is 5.91 Å². The summed E-state index contributed by atoms with van der Waals surface area (Å²) in [6, 6.07) is -0.513. The number of nitrogens with one attached hydrogen (secondary N) is 1. The summed E-state index contributed by atoms with van der Waals surface area (Å²) in [7, 11) is 0. The number of nitrogens with two attached hydrogens (primary N) is 1. The molecule has 4 heteroatoms. The highest BCUT2D eigenvalue weighted by Crippen LogP contribution is 2.26. The van der Waals surface area contributed by atoms with E-state index in [2.05, 4.69) is 5.32 Å².